The van der Waals surface area contributed by atoms with Crippen LogP contribution in [0.3, 0.4) is 0 Å². The van der Waals surface area contributed by atoms with Gasteiger partial charge in [-0.2, -0.15) is 4.98 Å². The highest BCUT2D eigenvalue weighted by molar-refractivity contribution is 5.63. The van der Waals surface area contributed by atoms with E-state index >= 15 is 0 Å². The molecule has 21 heavy (non-hydrogen) atoms. The first-order valence-corrected chi connectivity index (χ1v) is 7.31. The molecular formula is C16H20N2O3. The first-order chi connectivity index (χ1) is 9.94. The fourth-order valence-corrected chi connectivity index (χ4v) is 2.87. The maximum atomic E-state index is 9.85. The van der Waals surface area contributed by atoms with Crippen LogP contribution in [0.15, 0.2) is 22.7 Å². The Labute approximate surface area is 123 Å². The lowest BCUT2D eigenvalue weighted by Crippen LogP contribution is -2.20. The Hall–Kier alpha value is -2.04. The summed E-state index contributed by atoms with van der Waals surface area (Å²) in [5.41, 5.74) is 0.848. The zero-order valence-corrected chi connectivity index (χ0v) is 12.3. The Kier molecular flexibility index (Phi) is 3.35. The molecule has 5 nitrogen and oxygen atoms in total. The van der Waals surface area contributed by atoms with Gasteiger partial charge in [-0.25, -0.2) is 0 Å². The Morgan fingerprint density at radius 2 is 1.90 bits per heavy atom. The van der Waals surface area contributed by atoms with Gasteiger partial charge in [-0.15, -0.1) is 0 Å². The molecule has 112 valence electrons. The summed E-state index contributed by atoms with van der Waals surface area (Å²) in [4.78, 5) is 4.42. The highest BCUT2D eigenvalue weighted by Gasteiger charge is 2.30. The van der Waals surface area contributed by atoms with Crippen molar-refractivity contribution in [1.82, 2.24) is 10.1 Å². The van der Waals surface area contributed by atoms with E-state index in [0.717, 1.165) is 25.7 Å². The van der Waals surface area contributed by atoms with Crippen molar-refractivity contribution < 1.29 is 14.7 Å². The van der Waals surface area contributed by atoms with Crippen molar-refractivity contribution in [2.24, 2.45) is 5.41 Å². The van der Waals surface area contributed by atoms with E-state index in [-0.39, 0.29) is 11.5 Å². The quantitative estimate of drug-likeness (QED) is 0.877. The molecule has 2 aromatic rings. The van der Waals surface area contributed by atoms with E-state index < -0.39 is 0 Å². The van der Waals surface area contributed by atoms with E-state index in [4.69, 9.17) is 4.52 Å². The van der Waals surface area contributed by atoms with Crippen LogP contribution in [0.2, 0.25) is 0 Å². The van der Waals surface area contributed by atoms with Gasteiger partial charge < -0.3 is 14.7 Å². The topological polar surface area (TPSA) is 79.4 Å². The second-order valence-corrected chi connectivity index (χ2v) is 6.60. The smallest absolute Gasteiger partial charge is 0.261 e. The number of phenolic OH excluding ortho intramolecular Hbond substituents is 2. The number of aromatic hydroxyl groups is 2. The van der Waals surface area contributed by atoms with Crippen LogP contribution < -0.4 is 0 Å². The van der Waals surface area contributed by atoms with Gasteiger partial charge in [0.1, 0.15) is 11.5 Å². The van der Waals surface area contributed by atoms with Crippen molar-refractivity contribution in [1.29, 1.82) is 0 Å². The fraction of sp³-hybridized carbons (Fsp3) is 0.500. The van der Waals surface area contributed by atoms with Crippen LogP contribution >= 0.6 is 0 Å². The summed E-state index contributed by atoms with van der Waals surface area (Å²) in [6.45, 7) is 4.58. The zero-order valence-electron chi connectivity index (χ0n) is 12.3. The molecule has 1 fully saturated rings. The molecule has 0 bridgehead atoms. The molecule has 0 atom stereocenters. The normalized spacial score (nSPS) is 18.8. The standard InChI is InChI=1S/C16H20N2O3/c1-16(2)7-5-10(6-8-16)14-17-15(21-18-14)12-4-3-11(19)9-13(12)20/h3-4,9-10,19-20H,5-8H2,1-2H3. The minimum atomic E-state index is -0.0602. The molecule has 3 rings (SSSR count). The molecule has 0 radical (unpaired) electrons. The number of hydrogen-bond donors (Lipinski definition) is 2. The van der Waals surface area contributed by atoms with E-state index in [1.165, 1.54) is 12.1 Å². The highest BCUT2D eigenvalue weighted by Crippen LogP contribution is 2.42. The Bertz CT molecular complexity index is 639. The Morgan fingerprint density at radius 1 is 1.19 bits per heavy atom. The van der Waals surface area contributed by atoms with E-state index in [9.17, 15) is 10.2 Å². The molecule has 1 heterocycles. The molecule has 1 aromatic heterocycles. The molecule has 5 heteroatoms. The fourth-order valence-electron chi connectivity index (χ4n) is 2.87. The van der Waals surface area contributed by atoms with Gasteiger partial charge in [0.05, 0.1) is 5.56 Å². The van der Waals surface area contributed by atoms with E-state index in [1.54, 1.807) is 6.07 Å². The minimum Gasteiger partial charge on any atom is -0.508 e. The number of benzene rings is 1. The number of hydrogen-bond acceptors (Lipinski definition) is 5. The maximum Gasteiger partial charge on any atom is 0.261 e. The Balaban J connectivity index is 1.81. The summed E-state index contributed by atoms with van der Waals surface area (Å²) in [5.74, 6) is 1.29. The summed E-state index contributed by atoms with van der Waals surface area (Å²) >= 11 is 0. The molecule has 0 aliphatic heterocycles. The van der Waals surface area contributed by atoms with Gasteiger partial charge in [0.25, 0.3) is 5.89 Å². The summed E-state index contributed by atoms with van der Waals surface area (Å²) in [6, 6.07) is 4.33. The van der Waals surface area contributed by atoms with Gasteiger partial charge >= 0.3 is 0 Å². The van der Waals surface area contributed by atoms with Crippen LogP contribution in [0.1, 0.15) is 51.3 Å². The van der Waals surface area contributed by atoms with Gasteiger partial charge in [-0.05, 0) is 43.2 Å². The molecule has 1 aromatic carbocycles. The summed E-state index contributed by atoms with van der Waals surface area (Å²) in [5, 5.41) is 23.2. The lowest BCUT2D eigenvalue weighted by Gasteiger charge is -2.32. The van der Waals surface area contributed by atoms with Gasteiger partial charge in [0.2, 0.25) is 0 Å². The minimum absolute atomic E-state index is 0.00509. The molecular weight excluding hydrogens is 268 g/mol. The summed E-state index contributed by atoms with van der Waals surface area (Å²) < 4.78 is 5.27. The lowest BCUT2D eigenvalue weighted by molar-refractivity contribution is 0.218. The van der Waals surface area contributed by atoms with E-state index in [0.29, 0.717) is 28.6 Å². The summed E-state index contributed by atoms with van der Waals surface area (Å²) in [6.07, 6.45) is 4.44. The molecule has 0 unspecified atom stereocenters. The third kappa shape index (κ3) is 2.86. The number of rotatable bonds is 2. The SMILES string of the molecule is CC1(C)CCC(c2noc(-c3ccc(O)cc3O)n2)CC1. The van der Waals surface area contributed by atoms with Crippen molar-refractivity contribution >= 4 is 0 Å². The van der Waals surface area contributed by atoms with Gasteiger partial charge in [0, 0.05) is 12.0 Å². The number of phenols is 2. The predicted molar refractivity (Wildman–Crippen MR) is 78.1 cm³/mol. The van der Waals surface area contributed by atoms with Crippen molar-refractivity contribution in [2.45, 2.75) is 45.4 Å². The number of aromatic nitrogens is 2. The van der Waals surface area contributed by atoms with Crippen LogP contribution in [-0.4, -0.2) is 20.4 Å². The third-order valence-electron chi connectivity index (χ3n) is 4.36. The molecule has 2 N–H and O–H groups in total. The van der Waals surface area contributed by atoms with Gasteiger partial charge in [-0.1, -0.05) is 19.0 Å². The Morgan fingerprint density at radius 3 is 2.57 bits per heavy atom. The van der Waals surface area contributed by atoms with Crippen molar-refractivity contribution in [3.63, 3.8) is 0 Å². The van der Waals surface area contributed by atoms with Crippen LogP contribution in [0, 0.1) is 5.41 Å². The van der Waals surface area contributed by atoms with E-state index in [1.807, 2.05) is 0 Å². The second kappa shape index (κ2) is 5.06. The second-order valence-electron chi connectivity index (χ2n) is 6.60. The number of nitrogens with zero attached hydrogens (tertiary/aromatic N) is 2. The van der Waals surface area contributed by atoms with Gasteiger partial charge in [0.15, 0.2) is 5.82 Å². The lowest BCUT2D eigenvalue weighted by atomic mass is 9.73. The average molecular weight is 288 g/mol. The van der Waals surface area contributed by atoms with Crippen molar-refractivity contribution in [2.75, 3.05) is 0 Å². The van der Waals surface area contributed by atoms with Crippen LogP contribution in [0.25, 0.3) is 11.5 Å². The first kappa shape index (κ1) is 13.9. The molecule has 0 spiro atoms. The molecule has 0 saturated heterocycles. The molecule has 0 amide bonds. The highest BCUT2D eigenvalue weighted by atomic mass is 16.5. The largest absolute Gasteiger partial charge is 0.508 e. The molecule has 1 saturated carbocycles. The predicted octanol–water partition coefficient (Wildman–Crippen LogP) is 3.83. The maximum absolute atomic E-state index is 9.85. The summed E-state index contributed by atoms with van der Waals surface area (Å²) in [7, 11) is 0. The van der Waals surface area contributed by atoms with E-state index in [2.05, 4.69) is 24.0 Å². The monoisotopic (exact) mass is 288 g/mol. The molecule has 1 aliphatic rings. The van der Waals surface area contributed by atoms with Crippen LogP contribution in [0.4, 0.5) is 0 Å². The third-order valence-corrected chi connectivity index (χ3v) is 4.36. The average Bonchev–Trinajstić information content (AvgIpc) is 2.88. The van der Waals surface area contributed by atoms with Crippen molar-refractivity contribution in [3.05, 3.63) is 24.0 Å². The zero-order chi connectivity index (χ0) is 15.0. The van der Waals surface area contributed by atoms with Gasteiger partial charge in [-0.3, -0.25) is 0 Å². The first-order valence-electron chi connectivity index (χ1n) is 7.31. The van der Waals surface area contributed by atoms with Crippen molar-refractivity contribution in [3.8, 4) is 23.0 Å². The molecule has 1 aliphatic carbocycles. The van der Waals surface area contributed by atoms with Crippen LogP contribution in [-0.2, 0) is 0 Å². The van der Waals surface area contributed by atoms with Crippen LogP contribution in [0.5, 0.6) is 11.5 Å².